The third-order valence-electron chi connectivity index (χ3n) is 1.49. The minimum absolute atomic E-state index is 0.483. The van der Waals surface area contributed by atoms with E-state index in [-0.39, 0.29) is 0 Å². The molecule has 1 fully saturated rings. The summed E-state index contributed by atoms with van der Waals surface area (Å²) in [5.74, 6) is 0. The lowest BCUT2D eigenvalue weighted by Gasteiger charge is -2.34. The molecule has 0 bridgehead atoms. The van der Waals surface area contributed by atoms with Crippen molar-refractivity contribution in [2.24, 2.45) is 0 Å². The number of rotatable bonds is 1. The van der Waals surface area contributed by atoms with E-state index < -0.39 is 25.0 Å². The SMILES string of the molecule is CO[C@@H]1O[C@@H](C)[C@@H](O)O[C@H]1O. The predicted octanol–water partition coefficient (Wildman–Crippen LogP) is -0.969. The molecule has 5 nitrogen and oxygen atoms in total. The maximum absolute atomic E-state index is 9.02. The fourth-order valence-electron chi connectivity index (χ4n) is 0.836. The summed E-state index contributed by atoms with van der Waals surface area (Å²) in [6.45, 7) is 1.63. The monoisotopic (exact) mass is 164 g/mol. The lowest BCUT2D eigenvalue weighted by molar-refractivity contribution is -0.377. The molecule has 0 aromatic heterocycles. The fourth-order valence-corrected chi connectivity index (χ4v) is 0.836. The van der Waals surface area contributed by atoms with Crippen LogP contribution in [0.4, 0.5) is 0 Å². The molecule has 0 aliphatic carbocycles. The van der Waals surface area contributed by atoms with Gasteiger partial charge in [-0.1, -0.05) is 0 Å². The van der Waals surface area contributed by atoms with Gasteiger partial charge in [0, 0.05) is 7.11 Å². The molecular weight excluding hydrogens is 152 g/mol. The van der Waals surface area contributed by atoms with Crippen LogP contribution in [0, 0.1) is 0 Å². The minimum Gasteiger partial charge on any atom is -0.366 e. The standard InChI is InChI=1S/C6H12O5/c1-3-4(7)11-5(8)6(9-2)10-3/h3-8H,1-2H3/t3-,4-,5+,6+/m0/s1. The molecule has 1 rings (SSSR count). The second kappa shape index (κ2) is 3.46. The van der Waals surface area contributed by atoms with Crippen molar-refractivity contribution in [2.75, 3.05) is 7.11 Å². The summed E-state index contributed by atoms with van der Waals surface area (Å²) in [5.41, 5.74) is 0. The first-order chi connectivity index (χ1) is 5.15. The van der Waals surface area contributed by atoms with Crippen LogP contribution in [0.25, 0.3) is 0 Å². The quantitative estimate of drug-likeness (QED) is 0.522. The molecule has 0 saturated carbocycles. The molecule has 0 aromatic rings. The molecule has 1 saturated heterocycles. The van der Waals surface area contributed by atoms with E-state index in [1.54, 1.807) is 6.92 Å². The van der Waals surface area contributed by atoms with E-state index in [9.17, 15) is 0 Å². The smallest absolute Gasteiger partial charge is 0.209 e. The van der Waals surface area contributed by atoms with Gasteiger partial charge in [0.25, 0.3) is 0 Å². The number of methoxy groups -OCH3 is 1. The number of hydrogen-bond donors (Lipinski definition) is 2. The highest BCUT2D eigenvalue weighted by atomic mass is 16.8. The zero-order valence-corrected chi connectivity index (χ0v) is 6.43. The van der Waals surface area contributed by atoms with Crippen LogP contribution in [0.15, 0.2) is 0 Å². The van der Waals surface area contributed by atoms with E-state index in [4.69, 9.17) is 19.7 Å². The first-order valence-corrected chi connectivity index (χ1v) is 3.35. The summed E-state index contributed by atoms with van der Waals surface area (Å²) in [5, 5.41) is 18.0. The van der Waals surface area contributed by atoms with Crippen molar-refractivity contribution in [3.05, 3.63) is 0 Å². The topological polar surface area (TPSA) is 68.2 Å². The molecule has 0 aromatic carbocycles. The van der Waals surface area contributed by atoms with Crippen LogP contribution in [-0.2, 0) is 14.2 Å². The Morgan fingerprint density at radius 3 is 2.36 bits per heavy atom. The van der Waals surface area contributed by atoms with Crippen molar-refractivity contribution in [3.8, 4) is 0 Å². The van der Waals surface area contributed by atoms with Crippen LogP contribution in [0.1, 0.15) is 6.92 Å². The number of aliphatic hydroxyl groups is 2. The van der Waals surface area contributed by atoms with Crippen molar-refractivity contribution < 1.29 is 24.4 Å². The normalized spacial score (nSPS) is 45.8. The highest BCUT2D eigenvalue weighted by Crippen LogP contribution is 2.17. The van der Waals surface area contributed by atoms with Crippen LogP contribution in [0.2, 0.25) is 0 Å². The molecule has 11 heavy (non-hydrogen) atoms. The Morgan fingerprint density at radius 2 is 1.82 bits per heavy atom. The molecule has 0 spiro atoms. The summed E-state index contributed by atoms with van der Waals surface area (Å²) < 4.78 is 14.4. The van der Waals surface area contributed by atoms with Crippen LogP contribution in [-0.4, -0.2) is 42.3 Å². The molecule has 0 unspecified atom stereocenters. The summed E-state index contributed by atoms with van der Waals surface area (Å²) in [6.07, 6.45) is -3.60. The number of ether oxygens (including phenoxy) is 3. The molecule has 4 atom stereocenters. The number of aliphatic hydroxyl groups excluding tert-OH is 2. The molecule has 66 valence electrons. The van der Waals surface area contributed by atoms with E-state index in [1.807, 2.05) is 0 Å². The third kappa shape index (κ3) is 1.88. The van der Waals surface area contributed by atoms with Gasteiger partial charge < -0.3 is 24.4 Å². The van der Waals surface area contributed by atoms with E-state index in [2.05, 4.69) is 4.74 Å². The van der Waals surface area contributed by atoms with E-state index in [0.29, 0.717) is 0 Å². The Hall–Kier alpha value is -0.200. The van der Waals surface area contributed by atoms with Crippen molar-refractivity contribution >= 4 is 0 Å². The minimum atomic E-state index is -1.22. The summed E-state index contributed by atoms with van der Waals surface area (Å²) in [7, 11) is 1.39. The van der Waals surface area contributed by atoms with Crippen molar-refractivity contribution in [2.45, 2.75) is 31.9 Å². The summed E-state index contributed by atoms with van der Waals surface area (Å²) in [6, 6.07) is 0. The summed E-state index contributed by atoms with van der Waals surface area (Å²) >= 11 is 0. The second-order valence-electron chi connectivity index (χ2n) is 2.36. The highest BCUT2D eigenvalue weighted by Gasteiger charge is 2.34. The molecule has 5 heteroatoms. The Morgan fingerprint density at radius 1 is 1.18 bits per heavy atom. The Kier molecular flexibility index (Phi) is 2.80. The van der Waals surface area contributed by atoms with E-state index >= 15 is 0 Å². The van der Waals surface area contributed by atoms with Crippen molar-refractivity contribution in [3.63, 3.8) is 0 Å². The highest BCUT2D eigenvalue weighted by molar-refractivity contribution is 4.64. The lowest BCUT2D eigenvalue weighted by atomic mass is 10.3. The molecule has 1 aliphatic rings. The van der Waals surface area contributed by atoms with Crippen LogP contribution in [0.3, 0.4) is 0 Å². The second-order valence-corrected chi connectivity index (χ2v) is 2.36. The molecule has 0 radical (unpaired) electrons. The summed E-state index contributed by atoms with van der Waals surface area (Å²) in [4.78, 5) is 0. The number of hydrogen-bond acceptors (Lipinski definition) is 5. The largest absolute Gasteiger partial charge is 0.366 e. The first-order valence-electron chi connectivity index (χ1n) is 3.35. The first kappa shape index (κ1) is 8.89. The van der Waals surface area contributed by atoms with Gasteiger partial charge in [0.1, 0.15) is 6.10 Å². The molecule has 2 N–H and O–H groups in total. The van der Waals surface area contributed by atoms with E-state index in [1.165, 1.54) is 7.11 Å². The van der Waals surface area contributed by atoms with E-state index in [0.717, 1.165) is 0 Å². The Labute approximate surface area is 64.5 Å². The van der Waals surface area contributed by atoms with Crippen molar-refractivity contribution in [1.29, 1.82) is 0 Å². The fraction of sp³-hybridized carbons (Fsp3) is 1.00. The average molecular weight is 164 g/mol. The zero-order valence-electron chi connectivity index (χ0n) is 6.43. The van der Waals surface area contributed by atoms with Gasteiger partial charge in [-0.05, 0) is 6.92 Å². The Balaban J connectivity index is 2.48. The Bertz CT molecular complexity index is 128. The third-order valence-corrected chi connectivity index (χ3v) is 1.49. The van der Waals surface area contributed by atoms with Gasteiger partial charge in [0.15, 0.2) is 6.29 Å². The van der Waals surface area contributed by atoms with Crippen molar-refractivity contribution in [1.82, 2.24) is 0 Å². The lowest BCUT2D eigenvalue weighted by Crippen LogP contribution is -2.48. The van der Waals surface area contributed by atoms with Gasteiger partial charge in [0.05, 0.1) is 0 Å². The van der Waals surface area contributed by atoms with Gasteiger partial charge >= 0.3 is 0 Å². The predicted molar refractivity (Wildman–Crippen MR) is 34.4 cm³/mol. The maximum Gasteiger partial charge on any atom is 0.209 e. The van der Waals surface area contributed by atoms with Gasteiger partial charge in [-0.3, -0.25) is 0 Å². The van der Waals surface area contributed by atoms with Gasteiger partial charge in [-0.15, -0.1) is 0 Å². The molecule has 1 aliphatic heterocycles. The van der Waals surface area contributed by atoms with Gasteiger partial charge in [0.2, 0.25) is 12.6 Å². The van der Waals surface area contributed by atoms with Crippen LogP contribution < -0.4 is 0 Å². The van der Waals surface area contributed by atoms with Gasteiger partial charge in [-0.2, -0.15) is 0 Å². The van der Waals surface area contributed by atoms with Crippen LogP contribution >= 0.6 is 0 Å². The molecular formula is C6H12O5. The molecule has 1 heterocycles. The zero-order chi connectivity index (χ0) is 8.43. The maximum atomic E-state index is 9.02. The average Bonchev–Trinajstić information content (AvgIpc) is 1.97. The van der Waals surface area contributed by atoms with Gasteiger partial charge in [-0.25, -0.2) is 0 Å². The van der Waals surface area contributed by atoms with Crippen LogP contribution in [0.5, 0.6) is 0 Å². The molecule has 0 amide bonds.